The molecule has 0 radical (unpaired) electrons. The van der Waals surface area contributed by atoms with E-state index >= 15 is 0 Å². The SMILES string of the molecule is CC(C)C1c2ncn(Cc3ccncc3)c2CCN1C(=O)O. The Balaban J connectivity index is 1.93. The zero-order chi connectivity index (χ0) is 15.7. The van der Waals surface area contributed by atoms with Gasteiger partial charge in [-0.25, -0.2) is 9.78 Å². The molecule has 116 valence electrons. The molecule has 6 heteroatoms. The van der Waals surface area contributed by atoms with Gasteiger partial charge in [-0.05, 0) is 23.6 Å². The topological polar surface area (TPSA) is 71.2 Å². The van der Waals surface area contributed by atoms with Crippen LogP contribution in [0.15, 0.2) is 30.9 Å². The van der Waals surface area contributed by atoms with Gasteiger partial charge in [0.05, 0.1) is 18.1 Å². The number of imidazole rings is 1. The summed E-state index contributed by atoms with van der Waals surface area (Å²) >= 11 is 0. The van der Waals surface area contributed by atoms with E-state index in [1.54, 1.807) is 12.4 Å². The van der Waals surface area contributed by atoms with E-state index in [1.165, 1.54) is 4.90 Å². The van der Waals surface area contributed by atoms with Crippen LogP contribution in [0.25, 0.3) is 0 Å². The molecule has 1 N–H and O–H groups in total. The summed E-state index contributed by atoms with van der Waals surface area (Å²) in [5.74, 6) is 0.194. The van der Waals surface area contributed by atoms with Crippen LogP contribution in [0, 0.1) is 5.92 Å². The van der Waals surface area contributed by atoms with Crippen molar-refractivity contribution in [3.8, 4) is 0 Å². The number of pyridine rings is 1. The molecule has 2 aromatic rings. The quantitative estimate of drug-likeness (QED) is 0.945. The third-order valence-electron chi connectivity index (χ3n) is 4.16. The Labute approximate surface area is 129 Å². The number of carbonyl (C=O) groups is 1. The van der Waals surface area contributed by atoms with Crippen molar-refractivity contribution in [2.75, 3.05) is 6.54 Å². The third kappa shape index (κ3) is 2.56. The van der Waals surface area contributed by atoms with Crippen LogP contribution < -0.4 is 0 Å². The largest absolute Gasteiger partial charge is 0.465 e. The lowest BCUT2D eigenvalue weighted by molar-refractivity contribution is 0.102. The minimum Gasteiger partial charge on any atom is -0.465 e. The number of nitrogens with zero attached hydrogens (tertiary/aromatic N) is 4. The van der Waals surface area contributed by atoms with E-state index in [2.05, 4.69) is 14.5 Å². The average Bonchev–Trinajstić information content (AvgIpc) is 2.90. The zero-order valence-electron chi connectivity index (χ0n) is 12.8. The van der Waals surface area contributed by atoms with Gasteiger partial charge in [0.2, 0.25) is 0 Å². The molecule has 0 saturated heterocycles. The first kappa shape index (κ1) is 14.6. The molecule has 0 bridgehead atoms. The predicted octanol–water partition coefficient (Wildman–Crippen LogP) is 2.56. The molecule has 0 fully saturated rings. The van der Waals surface area contributed by atoms with E-state index < -0.39 is 6.09 Å². The Kier molecular flexibility index (Phi) is 3.83. The fraction of sp³-hybridized carbons (Fsp3) is 0.438. The number of amides is 1. The first-order valence-corrected chi connectivity index (χ1v) is 7.50. The molecule has 1 atom stereocenters. The van der Waals surface area contributed by atoms with Crippen molar-refractivity contribution in [2.45, 2.75) is 32.9 Å². The standard InChI is InChI=1S/C16H20N4O2/c1-11(2)15-14-13(5-8-20(15)16(21)22)19(10-18-14)9-12-3-6-17-7-4-12/h3-4,6-7,10-11,15H,5,8-9H2,1-2H3,(H,21,22). The van der Waals surface area contributed by atoms with Gasteiger partial charge in [-0.15, -0.1) is 0 Å². The molecular formula is C16H20N4O2. The van der Waals surface area contributed by atoms with E-state index in [1.807, 2.05) is 32.3 Å². The highest BCUT2D eigenvalue weighted by Crippen LogP contribution is 2.34. The van der Waals surface area contributed by atoms with Crippen molar-refractivity contribution in [3.63, 3.8) is 0 Å². The minimum atomic E-state index is -0.868. The van der Waals surface area contributed by atoms with Crippen molar-refractivity contribution in [1.29, 1.82) is 0 Å². The van der Waals surface area contributed by atoms with Crippen LogP contribution in [-0.2, 0) is 13.0 Å². The van der Waals surface area contributed by atoms with Crippen LogP contribution in [0.1, 0.15) is 36.8 Å². The number of hydrogen-bond acceptors (Lipinski definition) is 3. The number of rotatable bonds is 3. The molecule has 0 aliphatic carbocycles. The fourth-order valence-electron chi connectivity index (χ4n) is 3.17. The normalized spacial score (nSPS) is 17.6. The Morgan fingerprint density at radius 2 is 2.14 bits per heavy atom. The number of aromatic nitrogens is 3. The summed E-state index contributed by atoms with van der Waals surface area (Å²) in [7, 11) is 0. The smallest absolute Gasteiger partial charge is 0.407 e. The molecule has 1 amide bonds. The Hall–Kier alpha value is -2.37. The van der Waals surface area contributed by atoms with Crippen molar-refractivity contribution in [1.82, 2.24) is 19.4 Å². The molecule has 0 spiro atoms. The molecule has 1 aliphatic heterocycles. The van der Waals surface area contributed by atoms with Crippen LogP contribution in [-0.4, -0.2) is 37.2 Å². The number of hydrogen-bond donors (Lipinski definition) is 1. The molecule has 22 heavy (non-hydrogen) atoms. The summed E-state index contributed by atoms with van der Waals surface area (Å²) in [5.41, 5.74) is 3.21. The molecule has 3 rings (SSSR count). The van der Waals surface area contributed by atoms with Gasteiger partial charge in [0.25, 0.3) is 0 Å². The van der Waals surface area contributed by atoms with Crippen molar-refractivity contribution >= 4 is 6.09 Å². The third-order valence-corrected chi connectivity index (χ3v) is 4.16. The van der Waals surface area contributed by atoms with Gasteiger partial charge in [0.1, 0.15) is 0 Å². The second-order valence-corrected chi connectivity index (χ2v) is 5.97. The van der Waals surface area contributed by atoms with Gasteiger partial charge in [-0.3, -0.25) is 9.88 Å². The highest BCUT2D eigenvalue weighted by Gasteiger charge is 2.35. The van der Waals surface area contributed by atoms with Gasteiger partial charge in [-0.1, -0.05) is 13.8 Å². The van der Waals surface area contributed by atoms with Crippen molar-refractivity contribution in [2.24, 2.45) is 5.92 Å². The Morgan fingerprint density at radius 3 is 2.77 bits per heavy atom. The molecule has 3 heterocycles. The molecule has 1 aliphatic rings. The highest BCUT2D eigenvalue weighted by molar-refractivity contribution is 5.66. The average molecular weight is 300 g/mol. The number of fused-ring (bicyclic) bond motifs is 1. The maximum atomic E-state index is 11.5. The van der Waals surface area contributed by atoms with Crippen molar-refractivity contribution < 1.29 is 9.90 Å². The maximum absolute atomic E-state index is 11.5. The summed E-state index contributed by atoms with van der Waals surface area (Å²) in [6.07, 6.45) is 5.22. The van der Waals surface area contributed by atoms with E-state index in [0.29, 0.717) is 13.0 Å². The summed E-state index contributed by atoms with van der Waals surface area (Å²) < 4.78 is 2.12. The van der Waals surface area contributed by atoms with Crippen LogP contribution in [0.5, 0.6) is 0 Å². The Bertz CT molecular complexity index is 666. The van der Waals surface area contributed by atoms with Gasteiger partial charge in [0.15, 0.2) is 0 Å². The summed E-state index contributed by atoms with van der Waals surface area (Å²) in [4.78, 5) is 21.5. The van der Waals surface area contributed by atoms with Gasteiger partial charge >= 0.3 is 6.09 Å². The van der Waals surface area contributed by atoms with Crippen molar-refractivity contribution in [3.05, 3.63) is 47.8 Å². The number of carboxylic acid groups (broad SMARTS) is 1. The molecule has 0 saturated carbocycles. The van der Waals surface area contributed by atoms with Crippen LogP contribution in [0.3, 0.4) is 0 Å². The molecule has 0 aromatic carbocycles. The lowest BCUT2D eigenvalue weighted by Gasteiger charge is -2.35. The summed E-state index contributed by atoms with van der Waals surface area (Å²) in [6, 6.07) is 3.80. The molecular weight excluding hydrogens is 280 g/mol. The lowest BCUT2D eigenvalue weighted by atomic mass is 9.93. The second kappa shape index (κ2) is 5.79. The monoisotopic (exact) mass is 300 g/mol. The van der Waals surface area contributed by atoms with E-state index in [-0.39, 0.29) is 12.0 Å². The van der Waals surface area contributed by atoms with Crippen LogP contribution >= 0.6 is 0 Å². The van der Waals surface area contributed by atoms with E-state index in [4.69, 9.17) is 0 Å². The summed E-state index contributed by atoms with van der Waals surface area (Å²) in [5, 5.41) is 9.41. The lowest BCUT2D eigenvalue weighted by Crippen LogP contribution is -2.42. The predicted molar refractivity (Wildman–Crippen MR) is 81.6 cm³/mol. The fourth-order valence-corrected chi connectivity index (χ4v) is 3.17. The first-order chi connectivity index (χ1) is 10.6. The van der Waals surface area contributed by atoms with Gasteiger partial charge < -0.3 is 9.67 Å². The summed E-state index contributed by atoms with van der Waals surface area (Å²) in [6.45, 7) is 5.34. The van der Waals surface area contributed by atoms with Crippen LogP contribution in [0.4, 0.5) is 4.79 Å². The van der Waals surface area contributed by atoms with Gasteiger partial charge in [0, 0.05) is 37.6 Å². The molecule has 6 nitrogen and oxygen atoms in total. The zero-order valence-corrected chi connectivity index (χ0v) is 12.8. The Morgan fingerprint density at radius 1 is 1.41 bits per heavy atom. The van der Waals surface area contributed by atoms with Gasteiger partial charge in [-0.2, -0.15) is 0 Å². The second-order valence-electron chi connectivity index (χ2n) is 5.97. The molecule has 1 unspecified atom stereocenters. The minimum absolute atomic E-state index is 0.167. The highest BCUT2D eigenvalue weighted by atomic mass is 16.4. The molecule has 2 aromatic heterocycles. The van der Waals surface area contributed by atoms with E-state index in [0.717, 1.165) is 23.5 Å². The van der Waals surface area contributed by atoms with E-state index in [9.17, 15) is 9.90 Å². The van der Waals surface area contributed by atoms with Crippen LogP contribution in [0.2, 0.25) is 0 Å². The first-order valence-electron chi connectivity index (χ1n) is 7.50. The maximum Gasteiger partial charge on any atom is 0.407 e.